The van der Waals surface area contributed by atoms with Gasteiger partial charge >= 0.3 is 0 Å². The Balaban J connectivity index is 1.36. The molecule has 1 aromatic rings. The third-order valence-corrected chi connectivity index (χ3v) is 11.3. The van der Waals surface area contributed by atoms with Crippen molar-refractivity contribution in [3.8, 4) is 5.75 Å². The van der Waals surface area contributed by atoms with E-state index in [1.54, 1.807) is 40.1 Å². The molecule has 0 spiro atoms. The number of rotatable bonds is 15. The summed E-state index contributed by atoms with van der Waals surface area (Å²) >= 11 is 0. The molecule has 1 aliphatic carbocycles. The van der Waals surface area contributed by atoms with Crippen LogP contribution in [0, 0.1) is 19.8 Å². The standard InChI is InChI=1S/C31H54N4O5S/c1-8-9-15-32(4)28-14-16-35(22-28)21-26-10-12-27(13-11-26)34(6)30(36)23-40-18-17-33(5)41(37,38)31-24(2)19-29(39-7)20-25(31)3/h19-20,26-28H,8-18,21-23H2,1-7H3. The number of unbranched alkanes of at least 4 members (excludes halogenated alkanes) is 1. The fourth-order valence-corrected chi connectivity index (χ4v) is 7.94. The molecule has 10 heteroatoms. The lowest BCUT2D eigenvalue weighted by Gasteiger charge is -2.36. The van der Waals surface area contributed by atoms with E-state index in [1.807, 2.05) is 11.9 Å². The lowest BCUT2D eigenvalue weighted by atomic mass is 9.85. The van der Waals surface area contributed by atoms with E-state index in [0.29, 0.717) is 28.8 Å². The highest BCUT2D eigenvalue weighted by molar-refractivity contribution is 7.89. The molecule has 234 valence electrons. The first-order valence-corrected chi connectivity index (χ1v) is 16.8. The molecule has 2 fully saturated rings. The second-order valence-electron chi connectivity index (χ2n) is 12.2. The lowest BCUT2D eigenvalue weighted by molar-refractivity contribution is -0.137. The summed E-state index contributed by atoms with van der Waals surface area (Å²) in [6.45, 7) is 10.8. The summed E-state index contributed by atoms with van der Waals surface area (Å²) in [6.07, 6.45) is 8.17. The SMILES string of the molecule is CCCCN(C)C1CCN(CC2CCC(N(C)C(=O)COCCN(C)S(=O)(=O)c3c(C)cc(OC)cc3C)CC2)C1. The number of nitrogens with zero attached hydrogens (tertiary/aromatic N) is 4. The molecule has 0 aromatic heterocycles. The second-order valence-corrected chi connectivity index (χ2v) is 14.2. The number of benzene rings is 1. The Morgan fingerprint density at radius 1 is 1.00 bits per heavy atom. The van der Waals surface area contributed by atoms with Crippen LogP contribution in [0.2, 0.25) is 0 Å². The van der Waals surface area contributed by atoms with Crippen molar-refractivity contribution in [2.24, 2.45) is 5.92 Å². The predicted molar refractivity (Wildman–Crippen MR) is 164 cm³/mol. The van der Waals surface area contributed by atoms with Crippen molar-refractivity contribution < 1.29 is 22.7 Å². The van der Waals surface area contributed by atoms with Gasteiger partial charge in [-0.15, -0.1) is 0 Å². The molecular formula is C31H54N4O5S. The summed E-state index contributed by atoms with van der Waals surface area (Å²) in [5.74, 6) is 1.30. The van der Waals surface area contributed by atoms with Crippen molar-refractivity contribution in [1.82, 2.24) is 19.0 Å². The molecule has 1 saturated heterocycles. The zero-order chi connectivity index (χ0) is 30.2. The number of likely N-dealkylation sites (tertiary alicyclic amines) is 1. The molecule has 1 aromatic carbocycles. The summed E-state index contributed by atoms with van der Waals surface area (Å²) in [4.78, 5) is 20.2. The van der Waals surface area contributed by atoms with Gasteiger partial charge < -0.3 is 24.2 Å². The van der Waals surface area contributed by atoms with Crippen molar-refractivity contribution in [1.29, 1.82) is 0 Å². The van der Waals surface area contributed by atoms with Gasteiger partial charge in [-0.2, -0.15) is 4.31 Å². The molecule has 1 amide bonds. The van der Waals surface area contributed by atoms with Crippen molar-refractivity contribution >= 4 is 15.9 Å². The fourth-order valence-electron chi connectivity index (χ4n) is 6.38. The molecule has 0 radical (unpaired) electrons. The van der Waals surface area contributed by atoms with Crippen LogP contribution < -0.4 is 4.74 Å². The van der Waals surface area contributed by atoms with E-state index in [4.69, 9.17) is 9.47 Å². The molecule has 3 rings (SSSR count). The van der Waals surface area contributed by atoms with Crippen LogP contribution in [-0.2, 0) is 19.6 Å². The molecule has 1 atom stereocenters. The fraction of sp³-hybridized carbons (Fsp3) is 0.774. The summed E-state index contributed by atoms with van der Waals surface area (Å²) < 4.78 is 38.6. The average Bonchev–Trinajstić information content (AvgIpc) is 3.41. The van der Waals surface area contributed by atoms with Crippen LogP contribution in [0.15, 0.2) is 17.0 Å². The van der Waals surface area contributed by atoms with Crippen LogP contribution in [0.3, 0.4) is 0 Å². The third kappa shape index (κ3) is 9.13. The maximum Gasteiger partial charge on any atom is 0.248 e. The molecule has 2 aliphatic rings. The molecule has 1 aliphatic heterocycles. The Kier molecular flexibility index (Phi) is 12.9. The van der Waals surface area contributed by atoms with Crippen molar-refractivity contribution in [2.75, 3.05) is 74.2 Å². The third-order valence-electron chi connectivity index (χ3n) is 9.12. The Hall–Kier alpha value is -1.72. The van der Waals surface area contributed by atoms with E-state index >= 15 is 0 Å². The summed E-state index contributed by atoms with van der Waals surface area (Å²) in [7, 11) is 3.57. The number of ether oxygens (including phenoxy) is 2. The first kappa shape index (κ1) is 33.8. The normalized spacial score (nSPS) is 22.0. The number of hydrogen-bond donors (Lipinski definition) is 0. The Morgan fingerprint density at radius 3 is 2.27 bits per heavy atom. The van der Waals surface area contributed by atoms with Crippen LogP contribution in [0.25, 0.3) is 0 Å². The van der Waals surface area contributed by atoms with Crippen LogP contribution in [0.5, 0.6) is 5.75 Å². The predicted octanol–water partition coefficient (Wildman–Crippen LogP) is 3.77. The molecule has 9 nitrogen and oxygen atoms in total. The number of amides is 1. The van der Waals surface area contributed by atoms with Gasteiger partial charge in [-0.25, -0.2) is 8.42 Å². The summed E-state index contributed by atoms with van der Waals surface area (Å²) in [5, 5.41) is 0. The summed E-state index contributed by atoms with van der Waals surface area (Å²) in [5.41, 5.74) is 1.28. The summed E-state index contributed by atoms with van der Waals surface area (Å²) in [6, 6.07) is 4.39. The second kappa shape index (κ2) is 15.7. The highest BCUT2D eigenvalue weighted by Crippen LogP contribution is 2.30. The zero-order valence-electron chi connectivity index (χ0n) is 26.5. The van der Waals surface area contributed by atoms with Gasteiger partial charge in [-0.3, -0.25) is 4.79 Å². The van der Waals surface area contributed by atoms with Gasteiger partial charge in [0.1, 0.15) is 12.4 Å². The molecule has 1 unspecified atom stereocenters. The Bertz CT molecular complexity index is 1070. The number of aryl methyl sites for hydroxylation is 2. The zero-order valence-corrected chi connectivity index (χ0v) is 27.3. The van der Waals surface area contributed by atoms with E-state index in [9.17, 15) is 13.2 Å². The number of sulfonamides is 1. The maximum atomic E-state index is 13.2. The van der Waals surface area contributed by atoms with Gasteiger partial charge in [-0.05, 0) is 102 Å². The van der Waals surface area contributed by atoms with Gasteiger partial charge in [0.05, 0.1) is 18.6 Å². The first-order chi connectivity index (χ1) is 19.5. The van der Waals surface area contributed by atoms with Gasteiger partial charge in [0.25, 0.3) is 0 Å². The van der Waals surface area contributed by atoms with Crippen molar-refractivity contribution in [3.63, 3.8) is 0 Å². The minimum absolute atomic E-state index is 0.0361. The molecule has 0 N–H and O–H groups in total. The quantitative estimate of drug-likeness (QED) is 0.286. The first-order valence-electron chi connectivity index (χ1n) is 15.3. The van der Waals surface area contributed by atoms with Crippen LogP contribution in [-0.4, -0.2) is 120 Å². The smallest absolute Gasteiger partial charge is 0.248 e. The van der Waals surface area contributed by atoms with Gasteiger partial charge in [0.2, 0.25) is 15.9 Å². The minimum atomic E-state index is -3.69. The van der Waals surface area contributed by atoms with Gasteiger partial charge in [-0.1, -0.05) is 13.3 Å². The molecular weight excluding hydrogens is 540 g/mol. The van der Waals surface area contributed by atoms with Crippen molar-refractivity contribution in [2.45, 2.75) is 82.7 Å². The van der Waals surface area contributed by atoms with E-state index < -0.39 is 10.0 Å². The molecule has 1 saturated carbocycles. The van der Waals surface area contributed by atoms with Crippen LogP contribution in [0.1, 0.15) is 63.0 Å². The highest BCUT2D eigenvalue weighted by atomic mass is 32.2. The average molecular weight is 595 g/mol. The molecule has 41 heavy (non-hydrogen) atoms. The van der Waals surface area contributed by atoms with Gasteiger partial charge in [0, 0.05) is 45.8 Å². The van der Waals surface area contributed by atoms with E-state index in [0.717, 1.165) is 25.7 Å². The van der Waals surface area contributed by atoms with Gasteiger partial charge in [0.15, 0.2) is 0 Å². The molecule has 0 bridgehead atoms. The lowest BCUT2D eigenvalue weighted by Crippen LogP contribution is -2.43. The van der Waals surface area contributed by atoms with E-state index in [2.05, 4.69) is 23.8 Å². The number of carbonyl (C=O) groups is 1. The van der Waals surface area contributed by atoms with Crippen LogP contribution in [0.4, 0.5) is 0 Å². The van der Waals surface area contributed by atoms with Crippen LogP contribution >= 0.6 is 0 Å². The topological polar surface area (TPSA) is 82.6 Å². The minimum Gasteiger partial charge on any atom is -0.497 e. The molecule has 1 heterocycles. The van der Waals surface area contributed by atoms with E-state index in [1.165, 1.54) is 49.7 Å². The largest absolute Gasteiger partial charge is 0.497 e. The Morgan fingerprint density at radius 2 is 1.66 bits per heavy atom. The van der Waals surface area contributed by atoms with Crippen molar-refractivity contribution in [3.05, 3.63) is 23.3 Å². The number of methoxy groups -OCH3 is 1. The Labute approximate surface area is 249 Å². The highest BCUT2D eigenvalue weighted by Gasteiger charge is 2.31. The number of hydrogen-bond acceptors (Lipinski definition) is 7. The van der Waals surface area contributed by atoms with E-state index in [-0.39, 0.29) is 36.6 Å². The number of likely N-dealkylation sites (N-methyl/N-ethyl adjacent to an activating group) is 3. The number of carbonyl (C=O) groups excluding carboxylic acids is 1. The maximum absolute atomic E-state index is 13.2. The monoisotopic (exact) mass is 594 g/mol.